The molecule has 1 heterocycles. The van der Waals surface area contributed by atoms with Crippen molar-refractivity contribution in [1.82, 2.24) is 10.2 Å². The van der Waals surface area contributed by atoms with Crippen molar-refractivity contribution in [3.63, 3.8) is 0 Å². The summed E-state index contributed by atoms with van der Waals surface area (Å²) in [5, 5.41) is 5.03. The highest BCUT2D eigenvalue weighted by molar-refractivity contribution is 7.10. The molecule has 1 aromatic heterocycles. The minimum absolute atomic E-state index is 0.119. The van der Waals surface area contributed by atoms with Gasteiger partial charge in [0.1, 0.15) is 11.8 Å². The third-order valence-electron chi connectivity index (χ3n) is 6.11. The molecular weight excluding hydrogens is 468 g/mol. The molecule has 0 aliphatic heterocycles. The molecule has 0 saturated heterocycles. The van der Waals surface area contributed by atoms with Crippen molar-refractivity contribution < 1.29 is 14.3 Å². The standard InChI is InChI=1S/C30H30N2O3S/c1-22-11-6-8-16-26(22)29(30(34)31-20-23-12-4-3-5-13-23)32(28(33)19-25-15-10-18-36-25)21-24-14-7-9-17-27(24)35-2/h3-18,29H,19-21H2,1-2H3,(H,31,34). The molecule has 0 bridgehead atoms. The van der Waals surface area contributed by atoms with Crippen LogP contribution in [-0.2, 0) is 29.1 Å². The number of aryl methyl sites for hydroxylation is 1. The van der Waals surface area contributed by atoms with Gasteiger partial charge in [-0.05, 0) is 41.1 Å². The number of para-hydroxylation sites is 1. The Morgan fingerprint density at radius 3 is 2.36 bits per heavy atom. The van der Waals surface area contributed by atoms with Gasteiger partial charge in [-0.25, -0.2) is 0 Å². The van der Waals surface area contributed by atoms with Gasteiger partial charge in [-0.2, -0.15) is 0 Å². The van der Waals surface area contributed by atoms with Gasteiger partial charge in [0.05, 0.1) is 20.1 Å². The summed E-state index contributed by atoms with van der Waals surface area (Å²) < 4.78 is 5.57. The van der Waals surface area contributed by atoms with Crippen LogP contribution in [0.4, 0.5) is 0 Å². The van der Waals surface area contributed by atoms with E-state index in [2.05, 4.69) is 5.32 Å². The van der Waals surface area contributed by atoms with Crippen LogP contribution in [0.3, 0.4) is 0 Å². The molecule has 0 saturated carbocycles. The Kier molecular flexibility index (Phi) is 8.53. The molecule has 1 atom stereocenters. The smallest absolute Gasteiger partial charge is 0.247 e. The molecule has 36 heavy (non-hydrogen) atoms. The second-order valence-electron chi connectivity index (χ2n) is 8.55. The maximum absolute atomic E-state index is 13.8. The van der Waals surface area contributed by atoms with E-state index in [1.54, 1.807) is 12.0 Å². The zero-order valence-electron chi connectivity index (χ0n) is 20.5. The second-order valence-corrected chi connectivity index (χ2v) is 9.58. The minimum Gasteiger partial charge on any atom is -0.496 e. The molecule has 3 aromatic carbocycles. The second kappa shape index (κ2) is 12.2. The maximum atomic E-state index is 13.8. The predicted octanol–water partition coefficient (Wildman–Crippen LogP) is 5.69. The summed E-state index contributed by atoms with van der Waals surface area (Å²) in [6, 6.07) is 28.2. The number of benzene rings is 3. The lowest BCUT2D eigenvalue weighted by Crippen LogP contribution is -2.44. The number of carbonyl (C=O) groups is 2. The van der Waals surface area contributed by atoms with Crippen molar-refractivity contribution in [2.24, 2.45) is 0 Å². The minimum atomic E-state index is -0.799. The van der Waals surface area contributed by atoms with Crippen molar-refractivity contribution in [3.8, 4) is 5.75 Å². The van der Waals surface area contributed by atoms with Crippen molar-refractivity contribution >= 4 is 23.2 Å². The number of thiophene rings is 1. The summed E-state index contributed by atoms with van der Waals surface area (Å²) in [5.74, 6) is 0.341. The van der Waals surface area contributed by atoms with Crippen molar-refractivity contribution in [1.29, 1.82) is 0 Å². The van der Waals surface area contributed by atoms with E-state index in [4.69, 9.17) is 4.74 Å². The number of carbonyl (C=O) groups excluding carboxylic acids is 2. The molecule has 2 amide bonds. The molecule has 0 aliphatic rings. The molecule has 0 aliphatic carbocycles. The van der Waals surface area contributed by atoms with Gasteiger partial charge in [-0.15, -0.1) is 11.3 Å². The summed E-state index contributed by atoms with van der Waals surface area (Å²) in [7, 11) is 1.61. The van der Waals surface area contributed by atoms with Crippen molar-refractivity contribution in [2.45, 2.75) is 32.5 Å². The van der Waals surface area contributed by atoms with Crippen LogP contribution in [0, 0.1) is 6.92 Å². The van der Waals surface area contributed by atoms with Crippen molar-refractivity contribution in [2.75, 3.05) is 7.11 Å². The highest BCUT2D eigenvalue weighted by Crippen LogP contribution is 2.30. The largest absolute Gasteiger partial charge is 0.496 e. The third kappa shape index (κ3) is 6.20. The lowest BCUT2D eigenvalue weighted by atomic mass is 9.97. The van der Waals surface area contributed by atoms with Gasteiger partial charge in [0.25, 0.3) is 0 Å². The Morgan fingerprint density at radius 2 is 1.64 bits per heavy atom. The monoisotopic (exact) mass is 498 g/mol. The number of amides is 2. The number of methoxy groups -OCH3 is 1. The predicted molar refractivity (Wildman–Crippen MR) is 144 cm³/mol. The first-order chi connectivity index (χ1) is 17.6. The van der Waals surface area contributed by atoms with Gasteiger partial charge >= 0.3 is 0 Å². The Balaban J connectivity index is 1.73. The quantitative estimate of drug-likeness (QED) is 0.305. The zero-order valence-corrected chi connectivity index (χ0v) is 21.3. The van der Waals surface area contributed by atoms with E-state index in [0.717, 1.165) is 27.1 Å². The Hall–Kier alpha value is -3.90. The van der Waals surface area contributed by atoms with Gasteiger partial charge in [0, 0.05) is 17.0 Å². The Morgan fingerprint density at radius 1 is 0.917 bits per heavy atom. The molecule has 4 rings (SSSR count). The van der Waals surface area contributed by atoms with E-state index >= 15 is 0 Å². The molecule has 0 spiro atoms. The van der Waals surface area contributed by atoms with Gasteiger partial charge in [-0.1, -0.05) is 78.9 Å². The highest BCUT2D eigenvalue weighted by atomic mass is 32.1. The van der Waals surface area contributed by atoms with Gasteiger partial charge in [0.2, 0.25) is 11.8 Å². The molecule has 1 N–H and O–H groups in total. The van der Waals surface area contributed by atoms with Crippen LogP contribution >= 0.6 is 11.3 Å². The molecular formula is C30H30N2O3S. The van der Waals surface area contributed by atoms with Crippen LogP contribution in [0.25, 0.3) is 0 Å². The van der Waals surface area contributed by atoms with E-state index in [9.17, 15) is 9.59 Å². The average molecular weight is 499 g/mol. The summed E-state index contributed by atoms with van der Waals surface area (Å²) in [4.78, 5) is 30.3. The molecule has 184 valence electrons. The summed E-state index contributed by atoms with van der Waals surface area (Å²) in [5.41, 5.74) is 3.59. The van der Waals surface area contributed by atoms with E-state index in [1.165, 1.54) is 11.3 Å². The molecule has 4 aromatic rings. The number of hydrogen-bond donors (Lipinski definition) is 1. The summed E-state index contributed by atoms with van der Waals surface area (Å²) in [6.45, 7) is 2.59. The maximum Gasteiger partial charge on any atom is 0.247 e. The topological polar surface area (TPSA) is 58.6 Å². The van der Waals surface area contributed by atoms with Gasteiger partial charge in [-0.3, -0.25) is 9.59 Å². The van der Waals surface area contributed by atoms with Gasteiger partial charge < -0.3 is 15.0 Å². The van der Waals surface area contributed by atoms with Crippen LogP contribution in [0.5, 0.6) is 5.75 Å². The first-order valence-electron chi connectivity index (χ1n) is 11.9. The average Bonchev–Trinajstić information content (AvgIpc) is 3.42. The molecule has 0 fully saturated rings. The van der Waals surface area contributed by atoms with E-state index < -0.39 is 6.04 Å². The van der Waals surface area contributed by atoms with Crippen molar-refractivity contribution in [3.05, 3.63) is 124 Å². The molecule has 1 unspecified atom stereocenters. The summed E-state index contributed by atoms with van der Waals surface area (Å²) >= 11 is 1.54. The van der Waals surface area contributed by atoms with Crippen LogP contribution in [0.2, 0.25) is 0 Å². The van der Waals surface area contributed by atoms with E-state index in [-0.39, 0.29) is 24.8 Å². The third-order valence-corrected chi connectivity index (χ3v) is 6.99. The van der Waals surface area contributed by atoms with Crippen LogP contribution < -0.4 is 10.1 Å². The van der Waals surface area contributed by atoms with Crippen LogP contribution in [0.15, 0.2) is 96.4 Å². The SMILES string of the molecule is COc1ccccc1CN(C(=O)Cc1cccs1)C(C(=O)NCc1ccccc1)c1ccccc1C. The van der Waals surface area contributed by atoms with Crippen LogP contribution in [-0.4, -0.2) is 23.8 Å². The van der Waals surface area contributed by atoms with Crippen LogP contribution in [0.1, 0.15) is 33.2 Å². The fourth-order valence-corrected chi connectivity index (χ4v) is 4.93. The lowest BCUT2D eigenvalue weighted by Gasteiger charge is -2.33. The Labute approximate surface area is 216 Å². The first kappa shape index (κ1) is 25.2. The molecule has 6 heteroatoms. The van der Waals surface area contributed by atoms with Gasteiger partial charge in [0.15, 0.2) is 0 Å². The number of nitrogens with one attached hydrogen (secondary N) is 1. The number of hydrogen-bond acceptors (Lipinski definition) is 4. The fraction of sp³-hybridized carbons (Fsp3) is 0.200. The first-order valence-corrected chi connectivity index (χ1v) is 12.8. The Bertz CT molecular complexity index is 1290. The highest BCUT2D eigenvalue weighted by Gasteiger charge is 2.33. The van der Waals surface area contributed by atoms with E-state index in [0.29, 0.717) is 12.3 Å². The number of rotatable bonds is 10. The fourth-order valence-electron chi connectivity index (χ4n) is 4.23. The zero-order chi connectivity index (χ0) is 25.3. The normalized spacial score (nSPS) is 11.5. The number of ether oxygens (including phenoxy) is 1. The molecule has 0 radical (unpaired) electrons. The van der Waals surface area contributed by atoms with E-state index in [1.807, 2.05) is 103 Å². The lowest BCUT2D eigenvalue weighted by molar-refractivity contribution is -0.141. The number of nitrogens with zero attached hydrogens (tertiary/aromatic N) is 1. The molecule has 5 nitrogen and oxygen atoms in total. The summed E-state index contributed by atoms with van der Waals surface area (Å²) in [6.07, 6.45) is 0.223.